The van der Waals surface area contributed by atoms with Gasteiger partial charge in [-0.15, -0.1) is 0 Å². The van der Waals surface area contributed by atoms with E-state index in [1.165, 1.54) is 0 Å². The van der Waals surface area contributed by atoms with Gasteiger partial charge in [-0.2, -0.15) is 5.10 Å². The number of aromatic amines is 1. The molecule has 3 aromatic heterocycles. The second-order valence-corrected chi connectivity index (χ2v) is 7.57. The molecule has 0 unspecified atom stereocenters. The molecule has 4 heterocycles. The molecule has 0 radical (unpaired) electrons. The molecule has 0 saturated heterocycles. The molecule has 1 amide bonds. The number of nitrogens with zero attached hydrogens (tertiary/aromatic N) is 4. The van der Waals surface area contributed by atoms with Gasteiger partial charge in [0.15, 0.2) is 0 Å². The van der Waals surface area contributed by atoms with Crippen LogP contribution in [-0.2, 0) is 6.42 Å². The van der Waals surface area contributed by atoms with Crippen LogP contribution >= 0.6 is 0 Å². The highest BCUT2D eigenvalue weighted by Gasteiger charge is 2.32. The molecule has 2 aliphatic rings. The lowest BCUT2D eigenvalue weighted by atomic mass is 10.00. The van der Waals surface area contributed by atoms with Gasteiger partial charge in [-0.3, -0.25) is 9.89 Å². The van der Waals surface area contributed by atoms with Crippen LogP contribution < -0.4 is 4.90 Å². The number of carbonyl (C=O) groups is 1. The number of aromatic nitrogens is 4. The number of fused-ring (bicyclic) bond motifs is 2. The number of carbonyl (C=O) groups excluding carboxylic acids is 1. The van der Waals surface area contributed by atoms with Crippen LogP contribution in [0.1, 0.15) is 72.4 Å². The third kappa shape index (κ3) is 2.34. The van der Waals surface area contributed by atoms with E-state index in [0.29, 0.717) is 23.7 Å². The second kappa shape index (κ2) is 5.65. The van der Waals surface area contributed by atoms with E-state index in [1.807, 2.05) is 11.0 Å². The zero-order valence-corrected chi connectivity index (χ0v) is 15.0. The number of pyridine rings is 1. The number of hydrogen-bond acceptors (Lipinski definition) is 5. The zero-order valence-electron chi connectivity index (χ0n) is 15.0. The Labute approximate surface area is 150 Å². The van der Waals surface area contributed by atoms with Crippen LogP contribution in [0.25, 0.3) is 11.1 Å². The van der Waals surface area contributed by atoms with Crippen molar-refractivity contribution >= 4 is 22.7 Å². The molecule has 1 aliphatic carbocycles. The molecule has 1 saturated carbocycles. The third-order valence-corrected chi connectivity index (χ3v) is 5.31. The molecule has 5 rings (SSSR count). The third-order valence-electron chi connectivity index (χ3n) is 5.31. The summed E-state index contributed by atoms with van der Waals surface area (Å²) in [6.45, 7) is 4.79. The van der Waals surface area contributed by atoms with E-state index >= 15 is 0 Å². The molecular weight excluding hydrogens is 330 g/mol. The Morgan fingerprint density at radius 2 is 2.23 bits per heavy atom. The van der Waals surface area contributed by atoms with Crippen LogP contribution in [0, 0.1) is 0 Å². The molecule has 1 aliphatic heterocycles. The maximum absolute atomic E-state index is 13.5. The number of amides is 1. The van der Waals surface area contributed by atoms with Gasteiger partial charge >= 0.3 is 0 Å². The molecule has 7 heteroatoms. The maximum Gasteiger partial charge on any atom is 0.259 e. The minimum Gasteiger partial charge on any atom is -0.335 e. The van der Waals surface area contributed by atoms with Crippen molar-refractivity contribution in [1.29, 1.82) is 0 Å². The fourth-order valence-electron chi connectivity index (χ4n) is 3.76. The standard InChI is InChI=1S/C19H21N5O2/c1-10(2)17-16-12(8-14(11-5-6-11)21-18(16)26-23-17)19(25)24-7-3-4-13-15(24)9-20-22-13/h8-11H,3-7H2,1-2H3,(H,20,22). The van der Waals surface area contributed by atoms with Crippen molar-refractivity contribution in [3.63, 3.8) is 0 Å². The van der Waals surface area contributed by atoms with Crippen molar-refractivity contribution in [3.05, 3.63) is 34.9 Å². The minimum absolute atomic E-state index is 0.0215. The monoisotopic (exact) mass is 351 g/mol. The number of aryl methyl sites for hydroxylation is 1. The first-order valence-corrected chi connectivity index (χ1v) is 9.28. The molecule has 134 valence electrons. The molecule has 0 bridgehead atoms. The molecule has 3 aromatic rings. The van der Waals surface area contributed by atoms with Crippen molar-refractivity contribution < 1.29 is 9.32 Å². The van der Waals surface area contributed by atoms with Gasteiger partial charge in [-0.05, 0) is 37.7 Å². The van der Waals surface area contributed by atoms with E-state index in [-0.39, 0.29) is 11.8 Å². The summed E-state index contributed by atoms with van der Waals surface area (Å²) in [6, 6.07) is 1.96. The number of hydrogen-bond donors (Lipinski definition) is 1. The fourth-order valence-corrected chi connectivity index (χ4v) is 3.76. The Morgan fingerprint density at radius 1 is 1.38 bits per heavy atom. The number of rotatable bonds is 3. The normalized spacial score (nSPS) is 17.1. The molecular formula is C19H21N5O2. The molecule has 0 spiro atoms. The average molecular weight is 351 g/mol. The van der Waals surface area contributed by atoms with Gasteiger partial charge in [0, 0.05) is 18.2 Å². The fraction of sp³-hybridized carbons (Fsp3) is 0.474. The Kier molecular flexibility index (Phi) is 3.38. The van der Waals surface area contributed by atoms with Gasteiger partial charge in [-0.1, -0.05) is 19.0 Å². The Bertz CT molecular complexity index is 999. The van der Waals surface area contributed by atoms with Crippen molar-refractivity contribution in [3.8, 4) is 0 Å². The summed E-state index contributed by atoms with van der Waals surface area (Å²) in [5.41, 5.74) is 4.76. The molecule has 1 N–H and O–H groups in total. The van der Waals surface area contributed by atoms with Crippen molar-refractivity contribution in [2.75, 3.05) is 11.4 Å². The summed E-state index contributed by atoms with van der Waals surface area (Å²) < 4.78 is 5.51. The molecule has 0 aromatic carbocycles. The average Bonchev–Trinajstić information content (AvgIpc) is 3.22. The van der Waals surface area contributed by atoms with Crippen molar-refractivity contribution in [2.24, 2.45) is 0 Å². The number of nitrogens with one attached hydrogen (secondary N) is 1. The second-order valence-electron chi connectivity index (χ2n) is 7.57. The van der Waals surface area contributed by atoms with Gasteiger partial charge < -0.3 is 9.42 Å². The van der Waals surface area contributed by atoms with E-state index in [1.54, 1.807) is 6.20 Å². The summed E-state index contributed by atoms with van der Waals surface area (Å²) in [7, 11) is 0. The number of H-pyrrole nitrogens is 1. The topological polar surface area (TPSA) is 87.9 Å². The van der Waals surface area contributed by atoms with E-state index in [2.05, 4.69) is 34.2 Å². The molecule has 0 atom stereocenters. The van der Waals surface area contributed by atoms with Gasteiger partial charge in [0.2, 0.25) is 0 Å². The molecule has 1 fully saturated rings. The highest BCUT2D eigenvalue weighted by atomic mass is 16.5. The van der Waals surface area contributed by atoms with Gasteiger partial charge in [0.05, 0.1) is 34.2 Å². The molecule has 7 nitrogen and oxygen atoms in total. The maximum atomic E-state index is 13.5. The summed E-state index contributed by atoms with van der Waals surface area (Å²) >= 11 is 0. The largest absolute Gasteiger partial charge is 0.335 e. The lowest BCUT2D eigenvalue weighted by molar-refractivity contribution is 0.0986. The Hall–Kier alpha value is -2.70. The van der Waals surface area contributed by atoms with E-state index in [9.17, 15) is 4.79 Å². The van der Waals surface area contributed by atoms with E-state index in [4.69, 9.17) is 4.52 Å². The van der Waals surface area contributed by atoms with E-state index in [0.717, 1.165) is 53.8 Å². The minimum atomic E-state index is -0.0215. The predicted octanol–water partition coefficient (Wildman–Crippen LogP) is 3.54. The lowest BCUT2D eigenvalue weighted by Gasteiger charge is -2.26. The highest BCUT2D eigenvalue weighted by Crippen LogP contribution is 2.41. The van der Waals surface area contributed by atoms with Gasteiger partial charge in [0.25, 0.3) is 11.6 Å². The van der Waals surface area contributed by atoms with Crippen LogP contribution in [0.15, 0.2) is 16.8 Å². The highest BCUT2D eigenvalue weighted by molar-refractivity contribution is 6.14. The zero-order chi connectivity index (χ0) is 17.8. The predicted molar refractivity (Wildman–Crippen MR) is 96.5 cm³/mol. The van der Waals surface area contributed by atoms with Crippen LogP contribution in [-0.4, -0.2) is 32.8 Å². The molecule has 26 heavy (non-hydrogen) atoms. The first kappa shape index (κ1) is 15.5. The van der Waals surface area contributed by atoms with Crippen molar-refractivity contribution in [2.45, 2.75) is 51.4 Å². The van der Waals surface area contributed by atoms with Crippen LogP contribution in [0.2, 0.25) is 0 Å². The van der Waals surface area contributed by atoms with Crippen LogP contribution in [0.5, 0.6) is 0 Å². The SMILES string of the molecule is CC(C)c1noc2nc(C3CC3)cc(C(=O)N3CCCc4[nH]ncc43)c12. The first-order valence-electron chi connectivity index (χ1n) is 9.28. The van der Waals surface area contributed by atoms with Gasteiger partial charge in [-0.25, -0.2) is 4.98 Å². The van der Waals surface area contributed by atoms with E-state index < -0.39 is 0 Å². The summed E-state index contributed by atoms with van der Waals surface area (Å²) in [4.78, 5) is 20.0. The van der Waals surface area contributed by atoms with Crippen molar-refractivity contribution in [1.82, 2.24) is 20.3 Å². The summed E-state index contributed by atoms with van der Waals surface area (Å²) in [5.74, 6) is 0.568. The van der Waals surface area contributed by atoms with Gasteiger partial charge in [0.1, 0.15) is 0 Å². The Balaban J connectivity index is 1.68. The van der Waals surface area contributed by atoms with Crippen LogP contribution in [0.3, 0.4) is 0 Å². The van der Waals surface area contributed by atoms with Crippen LogP contribution in [0.4, 0.5) is 5.69 Å². The lowest BCUT2D eigenvalue weighted by Crippen LogP contribution is -2.35. The smallest absolute Gasteiger partial charge is 0.259 e. The first-order chi connectivity index (χ1) is 12.6. The summed E-state index contributed by atoms with van der Waals surface area (Å²) in [5, 5.41) is 12.1. The number of anilines is 1. The Morgan fingerprint density at radius 3 is 3.00 bits per heavy atom. The quantitative estimate of drug-likeness (QED) is 0.780. The summed E-state index contributed by atoms with van der Waals surface area (Å²) in [6.07, 6.45) is 5.82.